The van der Waals surface area contributed by atoms with Gasteiger partial charge in [0, 0.05) is 24.3 Å². The molecule has 106 valence electrons. The van der Waals surface area contributed by atoms with Gasteiger partial charge in [0.2, 0.25) is 0 Å². The topological polar surface area (TPSA) is 0 Å². The zero-order valence-corrected chi connectivity index (χ0v) is 11.1. The minimum absolute atomic E-state index is 0.343. The summed E-state index contributed by atoms with van der Waals surface area (Å²) in [7, 11) is -2.64. The van der Waals surface area contributed by atoms with E-state index in [4.69, 9.17) is 11.2 Å². The van der Waals surface area contributed by atoms with Gasteiger partial charge in [0.25, 0.3) is 0 Å². The largest absolute Gasteiger partial charge is 0.207 e. The Kier molecular flexibility index (Phi) is 4.25. The highest BCUT2D eigenvalue weighted by molar-refractivity contribution is 7.95. The first-order chi connectivity index (χ1) is 9.31. The molecule has 0 radical (unpaired) electrons. The van der Waals surface area contributed by atoms with Crippen LogP contribution in [0.4, 0.5) is 26.3 Å². The molecule has 0 atom stereocenters. The SMILES string of the molecule is Fc1cc(F)c(P(Cl)c2c(F)cc(F)cc2F)c(F)c1. The van der Waals surface area contributed by atoms with Gasteiger partial charge in [0.1, 0.15) is 34.9 Å². The first kappa shape index (κ1) is 15.1. The van der Waals surface area contributed by atoms with Gasteiger partial charge in [-0.3, -0.25) is 0 Å². The zero-order valence-electron chi connectivity index (χ0n) is 9.40. The van der Waals surface area contributed by atoms with E-state index in [1.165, 1.54) is 0 Å². The second-order valence-electron chi connectivity index (χ2n) is 3.72. The highest BCUT2D eigenvalue weighted by Crippen LogP contribution is 2.42. The van der Waals surface area contributed by atoms with E-state index in [2.05, 4.69) is 0 Å². The number of rotatable bonds is 2. The molecule has 0 unspecified atom stereocenters. The second-order valence-corrected chi connectivity index (χ2v) is 6.19. The van der Waals surface area contributed by atoms with E-state index in [0.717, 1.165) is 0 Å². The average Bonchev–Trinajstić information content (AvgIpc) is 2.25. The highest BCUT2D eigenvalue weighted by Gasteiger charge is 2.27. The summed E-state index contributed by atoms with van der Waals surface area (Å²) in [4.78, 5) is 0. The Morgan fingerprint density at radius 3 is 1.10 bits per heavy atom. The molecule has 0 spiro atoms. The summed E-state index contributed by atoms with van der Waals surface area (Å²) in [5, 5.41) is -1.71. The first-order valence-corrected chi connectivity index (χ1v) is 7.31. The van der Waals surface area contributed by atoms with Gasteiger partial charge in [-0.2, -0.15) is 0 Å². The molecule has 0 heterocycles. The Labute approximate surface area is 115 Å². The molecule has 0 aliphatic carbocycles. The fourth-order valence-corrected chi connectivity index (χ4v) is 3.76. The van der Waals surface area contributed by atoms with E-state index in [9.17, 15) is 26.3 Å². The van der Waals surface area contributed by atoms with E-state index in [-0.39, 0.29) is 0 Å². The van der Waals surface area contributed by atoms with Gasteiger partial charge in [-0.1, -0.05) is 11.2 Å². The Balaban J connectivity index is 2.61. The molecule has 2 aromatic carbocycles. The fraction of sp³-hybridized carbons (Fsp3) is 0. The monoisotopic (exact) mass is 328 g/mol. The predicted octanol–water partition coefficient (Wildman–Crippen LogP) is 4.11. The summed E-state index contributed by atoms with van der Waals surface area (Å²) < 4.78 is 79.6. The van der Waals surface area contributed by atoms with Crippen molar-refractivity contribution in [1.82, 2.24) is 0 Å². The van der Waals surface area contributed by atoms with E-state index >= 15 is 0 Å². The highest BCUT2D eigenvalue weighted by atomic mass is 35.7. The molecule has 2 rings (SSSR count). The number of hydrogen-bond donors (Lipinski definition) is 0. The van der Waals surface area contributed by atoms with Gasteiger partial charge in [-0.05, 0) is 0 Å². The molecule has 0 N–H and O–H groups in total. The van der Waals surface area contributed by atoms with Crippen molar-refractivity contribution in [2.75, 3.05) is 0 Å². The molecule has 0 aliphatic rings. The molecule has 0 fully saturated rings. The molecule has 8 heteroatoms. The Morgan fingerprint density at radius 1 is 0.600 bits per heavy atom. The Bertz CT molecular complexity index is 571. The summed E-state index contributed by atoms with van der Waals surface area (Å²) in [6.07, 6.45) is 0. The average molecular weight is 329 g/mol. The third kappa shape index (κ3) is 2.76. The van der Waals surface area contributed by atoms with Crippen molar-refractivity contribution in [2.24, 2.45) is 0 Å². The number of hydrogen-bond acceptors (Lipinski definition) is 0. The molecule has 0 aromatic heterocycles. The van der Waals surface area contributed by atoms with E-state index in [1.807, 2.05) is 0 Å². The van der Waals surface area contributed by atoms with Crippen LogP contribution >= 0.6 is 18.5 Å². The maximum absolute atomic E-state index is 13.5. The lowest BCUT2D eigenvalue weighted by atomic mass is 10.3. The Hall–Kier alpha value is -1.26. The van der Waals surface area contributed by atoms with Crippen LogP contribution in [0.2, 0.25) is 0 Å². The third-order valence-corrected chi connectivity index (χ3v) is 5.01. The molecular weight excluding hydrogens is 325 g/mol. The standard InChI is InChI=1S/C12H4ClF6P/c13-20(11-7(16)1-5(14)2-8(11)17)12-9(18)3-6(15)4-10(12)19/h1-4H. The molecule has 0 saturated heterocycles. The fourth-order valence-electron chi connectivity index (χ4n) is 1.56. The molecular formula is C12H4ClF6P. The van der Waals surface area contributed by atoms with Crippen LogP contribution in [0.25, 0.3) is 0 Å². The summed E-state index contributed by atoms with van der Waals surface area (Å²) in [6.45, 7) is 0. The zero-order chi connectivity index (χ0) is 15.0. The van der Waals surface area contributed by atoms with Crippen molar-refractivity contribution in [1.29, 1.82) is 0 Å². The summed E-state index contributed by atoms with van der Waals surface area (Å²) in [5.41, 5.74) is 0. The van der Waals surface area contributed by atoms with Crippen LogP contribution in [0.1, 0.15) is 0 Å². The molecule has 20 heavy (non-hydrogen) atoms. The van der Waals surface area contributed by atoms with Crippen molar-refractivity contribution in [2.45, 2.75) is 0 Å². The van der Waals surface area contributed by atoms with Gasteiger partial charge >= 0.3 is 0 Å². The number of halogens is 7. The van der Waals surface area contributed by atoms with E-state index in [1.54, 1.807) is 0 Å². The lowest BCUT2D eigenvalue weighted by Crippen LogP contribution is -2.21. The summed E-state index contributed by atoms with van der Waals surface area (Å²) in [6, 6.07) is 1.37. The minimum Gasteiger partial charge on any atom is -0.207 e. The summed E-state index contributed by atoms with van der Waals surface area (Å²) >= 11 is 5.72. The molecule has 0 amide bonds. The van der Waals surface area contributed by atoms with Crippen LogP contribution in [-0.2, 0) is 0 Å². The van der Waals surface area contributed by atoms with Crippen LogP contribution in [0.15, 0.2) is 24.3 Å². The summed E-state index contributed by atoms with van der Waals surface area (Å²) in [5.74, 6) is -7.86. The predicted molar refractivity (Wildman–Crippen MR) is 64.7 cm³/mol. The smallest absolute Gasteiger partial charge is 0.138 e. The molecule has 2 aromatic rings. The lowest BCUT2D eigenvalue weighted by Gasteiger charge is -2.14. The van der Waals surface area contributed by atoms with Crippen molar-refractivity contribution >= 4 is 29.1 Å². The van der Waals surface area contributed by atoms with Crippen LogP contribution < -0.4 is 10.6 Å². The Morgan fingerprint density at radius 2 is 0.850 bits per heavy atom. The van der Waals surface area contributed by atoms with Gasteiger partial charge in [-0.25, -0.2) is 26.3 Å². The normalized spacial score (nSPS) is 11.2. The lowest BCUT2D eigenvalue weighted by molar-refractivity contribution is 0.552. The second kappa shape index (κ2) is 5.62. The quantitative estimate of drug-likeness (QED) is 0.575. The maximum atomic E-state index is 13.5. The third-order valence-electron chi connectivity index (χ3n) is 2.36. The van der Waals surface area contributed by atoms with Crippen molar-refractivity contribution in [3.63, 3.8) is 0 Å². The van der Waals surface area contributed by atoms with E-state index < -0.39 is 52.8 Å². The van der Waals surface area contributed by atoms with Gasteiger partial charge in [0.15, 0.2) is 0 Å². The number of benzene rings is 2. The van der Waals surface area contributed by atoms with E-state index in [0.29, 0.717) is 24.3 Å². The maximum Gasteiger partial charge on any atom is 0.138 e. The van der Waals surface area contributed by atoms with Crippen LogP contribution in [0.5, 0.6) is 0 Å². The van der Waals surface area contributed by atoms with Gasteiger partial charge < -0.3 is 0 Å². The van der Waals surface area contributed by atoms with Crippen LogP contribution in [0.3, 0.4) is 0 Å². The van der Waals surface area contributed by atoms with Crippen molar-refractivity contribution in [3.05, 3.63) is 59.2 Å². The van der Waals surface area contributed by atoms with Gasteiger partial charge in [-0.15, -0.1) is 0 Å². The molecule has 0 aliphatic heterocycles. The van der Waals surface area contributed by atoms with Gasteiger partial charge in [0.05, 0.1) is 17.9 Å². The van der Waals surface area contributed by atoms with Crippen molar-refractivity contribution < 1.29 is 26.3 Å². The first-order valence-electron chi connectivity index (χ1n) is 5.06. The minimum atomic E-state index is -2.64. The van der Waals surface area contributed by atoms with Crippen molar-refractivity contribution in [3.8, 4) is 0 Å². The van der Waals surface area contributed by atoms with Crippen LogP contribution in [0, 0.1) is 34.9 Å². The molecule has 0 nitrogen and oxygen atoms in total. The molecule has 0 saturated carbocycles. The van der Waals surface area contributed by atoms with Crippen LogP contribution in [-0.4, -0.2) is 0 Å². The molecule has 0 bridgehead atoms.